The highest BCUT2D eigenvalue weighted by atomic mass is 79.9. The van der Waals surface area contributed by atoms with Crippen molar-refractivity contribution >= 4 is 27.7 Å². The summed E-state index contributed by atoms with van der Waals surface area (Å²) in [6.45, 7) is 8.80. The molecular formula is C30H35BrN2O3. The van der Waals surface area contributed by atoms with E-state index in [0.29, 0.717) is 31.2 Å². The summed E-state index contributed by atoms with van der Waals surface area (Å²) in [6.07, 6.45) is 0.416. The van der Waals surface area contributed by atoms with Gasteiger partial charge in [0, 0.05) is 24.0 Å². The zero-order valence-corrected chi connectivity index (χ0v) is 23.0. The standard InChI is InChI=1S/C30H35BrN2O3/c1-21(2)18-32-30(35)28(17-24-10-6-5-7-11-24)33(19-25-12-8-9-22(3)15-25)29(34)20-36-26-13-14-27(31)23(4)16-26/h5-16,21,28H,17-20H2,1-4H3,(H,32,35)/t28-/m0/s1. The highest BCUT2D eigenvalue weighted by Gasteiger charge is 2.30. The second-order valence-electron chi connectivity index (χ2n) is 9.55. The van der Waals surface area contributed by atoms with Crippen LogP contribution >= 0.6 is 15.9 Å². The predicted octanol–water partition coefficient (Wildman–Crippen LogP) is 5.86. The van der Waals surface area contributed by atoms with Crippen LogP contribution in [0.5, 0.6) is 5.75 Å². The normalized spacial score (nSPS) is 11.7. The van der Waals surface area contributed by atoms with Crippen LogP contribution in [0.4, 0.5) is 0 Å². The highest BCUT2D eigenvalue weighted by Crippen LogP contribution is 2.22. The number of rotatable bonds is 11. The first kappa shape index (κ1) is 27.5. The average molecular weight is 552 g/mol. The van der Waals surface area contributed by atoms with Gasteiger partial charge in [0.1, 0.15) is 11.8 Å². The Bertz CT molecular complexity index is 1160. The molecule has 3 aromatic carbocycles. The lowest BCUT2D eigenvalue weighted by Gasteiger charge is -2.32. The minimum Gasteiger partial charge on any atom is -0.484 e. The van der Waals surface area contributed by atoms with Crippen molar-refractivity contribution in [2.24, 2.45) is 5.92 Å². The molecule has 2 amide bonds. The van der Waals surface area contributed by atoms with E-state index in [0.717, 1.165) is 26.7 Å². The first-order chi connectivity index (χ1) is 17.2. The summed E-state index contributed by atoms with van der Waals surface area (Å²) in [5, 5.41) is 3.04. The molecule has 190 valence electrons. The molecule has 36 heavy (non-hydrogen) atoms. The molecule has 0 heterocycles. The molecule has 5 nitrogen and oxygen atoms in total. The molecule has 1 atom stereocenters. The summed E-state index contributed by atoms with van der Waals surface area (Å²) >= 11 is 3.49. The monoisotopic (exact) mass is 550 g/mol. The van der Waals surface area contributed by atoms with Gasteiger partial charge in [-0.2, -0.15) is 0 Å². The van der Waals surface area contributed by atoms with Crippen molar-refractivity contribution < 1.29 is 14.3 Å². The van der Waals surface area contributed by atoms with E-state index < -0.39 is 6.04 Å². The Morgan fingerprint density at radius 3 is 2.33 bits per heavy atom. The van der Waals surface area contributed by atoms with E-state index in [1.54, 1.807) is 4.90 Å². The molecule has 0 aliphatic rings. The number of halogens is 1. The molecule has 0 aliphatic heterocycles. The van der Waals surface area contributed by atoms with Crippen LogP contribution in [0.15, 0.2) is 77.3 Å². The van der Waals surface area contributed by atoms with Gasteiger partial charge in [0.15, 0.2) is 6.61 Å². The topological polar surface area (TPSA) is 58.6 Å². The van der Waals surface area contributed by atoms with Crippen molar-refractivity contribution in [1.29, 1.82) is 0 Å². The number of aryl methyl sites for hydroxylation is 2. The Morgan fingerprint density at radius 1 is 0.944 bits per heavy atom. The van der Waals surface area contributed by atoms with Crippen LogP contribution in [0.2, 0.25) is 0 Å². The Balaban J connectivity index is 1.90. The van der Waals surface area contributed by atoms with E-state index in [2.05, 4.69) is 35.1 Å². The zero-order valence-electron chi connectivity index (χ0n) is 21.5. The quantitative estimate of drug-likeness (QED) is 0.325. The Kier molecular flexibility index (Phi) is 10.1. The number of hydrogen-bond acceptors (Lipinski definition) is 3. The molecule has 1 N–H and O–H groups in total. The maximum atomic E-state index is 13.6. The molecule has 0 aliphatic carbocycles. The highest BCUT2D eigenvalue weighted by molar-refractivity contribution is 9.10. The second kappa shape index (κ2) is 13.3. The maximum absolute atomic E-state index is 13.6. The van der Waals surface area contributed by atoms with Gasteiger partial charge >= 0.3 is 0 Å². The molecule has 0 radical (unpaired) electrons. The summed E-state index contributed by atoms with van der Waals surface area (Å²) in [7, 11) is 0. The molecule has 0 fully saturated rings. The fourth-order valence-corrected chi connectivity index (χ4v) is 4.17. The van der Waals surface area contributed by atoms with Crippen LogP contribution in [0.25, 0.3) is 0 Å². The molecule has 3 aromatic rings. The molecular weight excluding hydrogens is 516 g/mol. The summed E-state index contributed by atoms with van der Waals surface area (Å²) < 4.78 is 6.86. The Labute approximate surface area is 223 Å². The van der Waals surface area contributed by atoms with Crippen molar-refractivity contribution in [3.63, 3.8) is 0 Å². The van der Waals surface area contributed by atoms with Crippen molar-refractivity contribution in [3.05, 3.63) is 99.5 Å². The van der Waals surface area contributed by atoms with Crippen molar-refractivity contribution in [1.82, 2.24) is 10.2 Å². The molecule has 0 unspecified atom stereocenters. The zero-order chi connectivity index (χ0) is 26.1. The Morgan fingerprint density at radius 2 is 1.67 bits per heavy atom. The van der Waals surface area contributed by atoms with Gasteiger partial charge in [-0.05, 0) is 54.7 Å². The van der Waals surface area contributed by atoms with Crippen LogP contribution in [0.3, 0.4) is 0 Å². The first-order valence-electron chi connectivity index (χ1n) is 12.3. The lowest BCUT2D eigenvalue weighted by atomic mass is 10.0. The van der Waals surface area contributed by atoms with Gasteiger partial charge in [-0.25, -0.2) is 0 Å². The Hall–Kier alpha value is -3.12. The van der Waals surface area contributed by atoms with Crippen LogP contribution in [0, 0.1) is 19.8 Å². The number of amides is 2. The van der Waals surface area contributed by atoms with Gasteiger partial charge in [0.05, 0.1) is 0 Å². The summed E-state index contributed by atoms with van der Waals surface area (Å²) in [6, 6.07) is 22.8. The van der Waals surface area contributed by atoms with Crippen LogP contribution in [-0.2, 0) is 22.6 Å². The van der Waals surface area contributed by atoms with Gasteiger partial charge < -0.3 is 15.0 Å². The number of ether oxygens (including phenoxy) is 1. The van der Waals surface area contributed by atoms with Gasteiger partial charge in [-0.1, -0.05) is 89.9 Å². The van der Waals surface area contributed by atoms with E-state index in [1.165, 1.54) is 0 Å². The third-order valence-electron chi connectivity index (χ3n) is 5.88. The van der Waals surface area contributed by atoms with Crippen LogP contribution < -0.4 is 10.1 Å². The van der Waals surface area contributed by atoms with Gasteiger partial charge in [-0.15, -0.1) is 0 Å². The minimum atomic E-state index is -0.672. The van der Waals surface area contributed by atoms with Gasteiger partial charge in [0.25, 0.3) is 5.91 Å². The van der Waals surface area contributed by atoms with Gasteiger partial charge in [-0.3, -0.25) is 9.59 Å². The number of nitrogens with one attached hydrogen (secondary N) is 1. The molecule has 6 heteroatoms. The van der Waals surface area contributed by atoms with E-state index in [9.17, 15) is 9.59 Å². The third kappa shape index (κ3) is 8.23. The van der Waals surface area contributed by atoms with Crippen LogP contribution in [0.1, 0.15) is 36.1 Å². The molecule has 0 bridgehead atoms. The van der Waals surface area contributed by atoms with Crippen molar-refractivity contribution in [3.8, 4) is 5.75 Å². The molecule has 0 spiro atoms. The predicted molar refractivity (Wildman–Crippen MR) is 148 cm³/mol. The summed E-state index contributed by atoms with van der Waals surface area (Å²) in [5.41, 5.74) is 4.09. The van der Waals surface area contributed by atoms with Crippen molar-refractivity contribution in [2.75, 3.05) is 13.2 Å². The average Bonchev–Trinajstić information content (AvgIpc) is 2.86. The largest absolute Gasteiger partial charge is 0.484 e. The van der Waals surface area contributed by atoms with E-state index in [1.807, 2.05) is 86.6 Å². The SMILES string of the molecule is Cc1cccc(CN(C(=O)COc2ccc(Br)c(C)c2)[C@@H](Cc2ccccc2)C(=O)NCC(C)C)c1. The number of hydrogen-bond donors (Lipinski definition) is 1. The number of carbonyl (C=O) groups is 2. The first-order valence-corrected chi connectivity index (χ1v) is 13.1. The fourth-order valence-electron chi connectivity index (χ4n) is 3.92. The van der Waals surface area contributed by atoms with Crippen molar-refractivity contribution in [2.45, 2.75) is 46.7 Å². The molecule has 0 saturated carbocycles. The second-order valence-corrected chi connectivity index (χ2v) is 10.4. The summed E-state index contributed by atoms with van der Waals surface area (Å²) in [5.74, 6) is 0.519. The lowest BCUT2D eigenvalue weighted by molar-refractivity contribution is -0.142. The maximum Gasteiger partial charge on any atom is 0.261 e. The minimum absolute atomic E-state index is 0.157. The van der Waals surface area contributed by atoms with E-state index in [4.69, 9.17) is 4.74 Å². The van der Waals surface area contributed by atoms with E-state index >= 15 is 0 Å². The lowest BCUT2D eigenvalue weighted by Crippen LogP contribution is -2.52. The van der Waals surface area contributed by atoms with Crippen LogP contribution in [-0.4, -0.2) is 35.9 Å². The third-order valence-corrected chi connectivity index (χ3v) is 6.77. The molecule has 0 saturated heterocycles. The molecule has 3 rings (SSSR count). The number of carbonyl (C=O) groups excluding carboxylic acids is 2. The molecule has 0 aromatic heterocycles. The fraction of sp³-hybridized carbons (Fsp3) is 0.333. The van der Waals surface area contributed by atoms with Gasteiger partial charge in [0.2, 0.25) is 5.91 Å². The van der Waals surface area contributed by atoms with E-state index in [-0.39, 0.29) is 18.4 Å². The smallest absolute Gasteiger partial charge is 0.261 e. The summed E-state index contributed by atoms with van der Waals surface area (Å²) in [4.78, 5) is 28.8. The number of nitrogens with zero attached hydrogens (tertiary/aromatic N) is 1. The number of benzene rings is 3.